The van der Waals surface area contributed by atoms with E-state index in [0.29, 0.717) is 18.4 Å². The van der Waals surface area contributed by atoms with Crippen molar-refractivity contribution in [1.82, 2.24) is 9.88 Å². The Kier molecular flexibility index (Phi) is 3.90. The summed E-state index contributed by atoms with van der Waals surface area (Å²) < 4.78 is 0. The highest BCUT2D eigenvalue weighted by atomic mass is 16.2. The summed E-state index contributed by atoms with van der Waals surface area (Å²) >= 11 is 0. The monoisotopic (exact) mass is 313 g/mol. The molecule has 1 aromatic carbocycles. The molecule has 3 N–H and O–H groups in total. The van der Waals surface area contributed by atoms with Crippen molar-refractivity contribution in [1.29, 1.82) is 0 Å². The van der Waals surface area contributed by atoms with E-state index >= 15 is 0 Å². The number of rotatable bonds is 2. The maximum Gasteiger partial charge on any atom is 0.270 e. The average Bonchev–Trinajstić information content (AvgIpc) is 2.54. The zero-order valence-electron chi connectivity index (χ0n) is 12.9. The predicted molar refractivity (Wildman–Crippen MR) is 87.0 cm³/mol. The number of carbonyl (C=O) groups excluding carboxylic acids is 2. The van der Waals surface area contributed by atoms with Crippen LogP contribution in [0.5, 0.6) is 0 Å². The minimum absolute atomic E-state index is 0.00747. The van der Waals surface area contributed by atoms with Gasteiger partial charge in [0.25, 0.3) is 11.5 Å². The van der Waals surface area contributed by atoms with E-state index in [1.54, 1.807) is 29.2 Å². The molecule has 0 aliphatic carbocycles. The summed E-state index contributed by atoms with van der Waals surface area (Å²) in [6.07, 6.45) is 1.41. The van der Waals surface area contributed by atoms with Crippen LogP contribution in [0.3, 0.4) is 0 Å². The lowest BCUT2D eigenvalue weighted by Crippen LogP contribution is -2.49. The Morgan fingerprint density at radius 2 is 2.00 bits per heavy atom. The van der Waals surface area contributed by atoms with Crippen molar-refractivity contribution in [2.75, 3.05) is 6.54 Å². The van der Waals surface area contributed by atoms with Gasteiger partial charge in [-0.15, -0.1) is 0 Å². The molecule has 2 amide bonds. The highest BCUT2D eigenvalue weighted by Crippen LogP contribution is 2.23. The molecule has 1 aliphatic rings. The first-order valence-electron chi connectivity index (χ1n) is 7.69. The molecule has 6 heteroatoms. The van der Waals surface area contributed by atoms with Crippen molar-refractivity contribution in [2.45, 2.75) is 25.8 Å². The van der Waals surface area contributed by atoms with E-state index in [0.717, 1.165) is 11.8 Å². The maximum atomic E-state index is 12.8. The summed E-state index contributed by atoms with van der Waals surface area (Å²) in [6, 6.07) is 8.81. The van der Waals surface area contributed by atoms with Crippen molar-refractivity contribution in [3.63, 3.8) is 0 Å². The summed E-state index contributed by atoms with van der Waals surface area (Å²) in [4.78, 5) is 40.6. The molecular weight excluding hydrogens is 294 g/mol. The molecule has 0 bridgehead atoms. The van der Waals surface area contributed by atoms with Gasteiger partial charge < -0.3 is 15.6 Å². The SMILES string of the molecule is C[C@@H]1CC[C@@H](C(N)=O)CN1C(=O)c1cc2ccccc2c(=O)[nH]1. The van der Waals surface area contributed by atoms with Crippen molar-refractivity contribution in [3.05, 3.63) is 46.4 Å². The summed E-state index contributed by atoms with van der Waals surface area (Å²) in [7, 11) is 0. The summed E-state index contributed by atoms with van der Waals surface area (Å²) in [5, 5.41) is 1.27. The fourth-order valence-corrected chi connectivity index (χ4v) is 3.10. The third-order valence-corrected chi connectivity index (χ3v) is 4.53. The first-order chi connectivity index (χ1) is 11.0. The van der Waals surface area contributed by atoms with Gasteiger partial charge in [0.1, 0.15) is 5.69 Å². The highest BCUT2D eigenvalue weighted by molar-refractivity contribution is 5.96. The molecular formula is C17H19N3O3. The summed E-state index contributed by atoms with van der Waals surface area (Å²) in [5.74, 6) is -0.990. The fourth-order valence-electron chi connectivity index (χ4n) is 3.10. The van der Waals surface area contributed by atoms with Crippen molar-refractivity contribution >= 4 is 22.6 Å². The van der Waals surface area contributed by atoms with Gasteiger partial charge in [-0.3, -0.25) is 14.4 Å². The van der Waals surface area contributed by atoms with Crippen LogP contribution in [-0.2, 0) is 4.79 Å². The Hall–Kier alpha value is -2.63. The van der Waals surface area contributed by atoms with Gasteiger partial charge in [-0.1, -0.05) is 18.2 Å². The number of nitrogens with two attached hydrogens (primary N) is 1. The minimum Gasteiger partial charge on any atom is -0.369 e. The van der Waals surface area contributed by atoms with E-state index < -0.39 is 0 Å². The van der Waals surface area contributed by atoms with Gasteiger partial charge in [-0.2, -0.15) is 0 Å². The van der Waals surface area contributed by atoms with Gasteiger partial charge in [0, 0.05) is 18.0 Å². The molecule has 120 valence electrons. The van der Waals surface area contributed by atoms with Crippen LogP contribution >= 0.6 is 0 Å². The number of amides is 2. The molecule has 1 aliphatic heterocycles. The molecule has 6 nitrogen and oxygen atoms in total. The number of aromatic amines is 1. The third kappa shape index (κ3) is 2.84. The van der Waals surface area contributed by atoms with Crippen LogP contribution in [-0.4, -0.2) is 34.3 Å². The molecule has 0 spiro atoms. The lowest BCUT2D eigenvalue weighted by atomic mass is 9.92. The molecule has 0 unspecified atom stereocenters. The normalized spacial score (nSPS) is 21.3. The number of likely N-dealkylation sites (tertiary alicyclic amines) is 1. The number of pyridine rings is 1. The number of nitrogens with one attached hydrogen (secondary N) is 1. The molecule has 2 heterocycles. The second-order valence-corrected chi connectivity index (χ2v) is 6.08. The number of benzene rings is 1. The molecule has 3 rings (SSSR count). The summed E-state index contributed by atoms with van der Waals surface area (Å²) in [5.41, 5.74) is 5.33. The lowest BCUT2D eigenvalue weighted by Gasteiger charge is -2.36. The molecule has 0 saturated carbocycles. The standard InChI is InChI=1S/C17H19N3O3/c1-10-6-7-12(15(18)21)9-20(10)17(23)14-8-11-4-2-3-5-13(11)16(22)19-14/h2-5,8,10,12H,6-7,9H2,1H3,(H2,18,21)(H,19,22)/t10-,12-/m1/s1. The molecule has 1 saturated heterocycles. The number of hydrogen-bond donors (Lipinski definition) is 2. The van der Waals surface area contributed by atoms with Gasteiger partial charge in [0.05, 0.1) is 5.92 Å². The predicted octanol–water partition coefficient (Wildman–Crippen LogP) is 1.25. The first-order valence-corrected chi connectivity index (χ1v) is 7.69. The fraction of sp³-hybridized carbons (Fsp3) is 0.353. The van der Waals surface area contributed by atoms with E-state index in [2.05, 4.69) is 4.98 Å². The van der Waals surface area contributed by atoms with Gasteiger partial charge in [0.2, 0.25) is 5.91 Å². The Balaban J connectivity index is 1.96. The van der Waals surface area contributed by atoms with Crippen LogP contribution in [0.15, 0.2) is 35.1 Å². The molecule has 1 fully saturated rings. The van der Waals surface area contributed by atoms with Crippen molar-refractivity contribution in [3.8, 4) is 0 Å². The van der Waals surface area contributed by atoms with E-state index in [9.17, 15) is 14.4 Å². The van der Waals surface area contributed by atoms with Crippen LogP contribution < -0.4 is 11.3 Å². The number of nitrogens with zero attached hydrogens (tertiary/aromatic N) is 1. The molecule has 0 radical (unpaired) electrons. The number of aromatic nitrogens is 1. The van der Waals surface area contributed by atoms with Gasteiger partial charge in [-0.05, 0) is 37.3 Å². The number of piperidine rings is 1. The van der Waals surface area contributed by atoms with Crippen molar-refractivity contribution in [2.24, 2.45) is 11.7 Å². The molecule has 23 heavy (non-hydrogen) atoms. The van der Waals surface area contributed by atoms with E-state index in [1.807, 2.05) is 13.0 Å². The van der Waals surface area contributed by atoms with Crippen LogP contribution in [0.1, 0.15) is 30.3 Å². The number of hydrogen-bond acceptors (Lipinski definition) is 3. The molecule has 2 atom stereocenters. The zero-order chi connectivity index (χ0) is 16.6. The quantitative estimate of drug-likeness (QED) is 0.873. The Morgan fingerprint density at radius 1 is 1.26 bits per heavy atom. The van der Waals surface area contributed by atoms with E-state index in [1.165, 1.54) is 0 Å². The summed E-state index contributed by atoms with van der Waals surface area (Å²) in [6.45, 7) is 2.23. The van der Waals surface area contributed by atoms with Gasteiger partial charge >= 0.3 is 0 Å². The van der Waals surface area contributed by atoms with Crippen LogP contribution in [0.25, 0.3) is 10.8 Å². The Labute approximate surface area is 133 Å². The second-order valence-electron chi connectivity index (χ2n) is 6.08. The Morgan fingerprint density at radius 3 is 2.74 bits per heavy atom. The van der Waals surface area contributed by atoms with Crippen LogP contribution in [0.2, 0.25) is 0 Å². The van der Waals surface area contributed by atoms with E-state index in [4.69, 9.17) is 5.73 Å². The zero-order valence-corrected chi connectivity index (χ0v) is 12.9. The maximum absolute atomic E-state index is 12.8. The highest BCUT2D eigenvalue weighted by Gasteiger charge is 2.32. The molecule has 2 aromatic rings. The first kappa shape index (κ1) is 15.3. The number of fused-ring (bicyclic) bond motifs is 1. The van der Waals surface area contributed by atoms with Gasteiger partial charge in [0.15, 0.2) is 0 Å². The second kappa shape index (κ2) is 5.87. The van der Waals surface area contributed by atoms with Crippen LogP contribution in [0.4, 0.5) is 0 Å². The number of carbonyl (C=O) groups is 2. The van der Waals surface area contributed by atoms with Crippen molar-refractivity contribution < 1.29 is 9.59 Å². The van der Waals surface area contributed by atoms with E-state index in [-0.39, 0.29) is 35.0 Å². The minimum atomic E-state index is -0.387. The van der Waals surface area contributed by atoms with Gasteiger partial charge in [-0.25, -0.2) is 0 Å². The average molecular weight is 313 g/mol. The smallest absolute Gasteiger partial charge is 0.270 e. The number of H-pyrrole nitrogens is 1. The lowest BCUT2D eigenvalue weighted by molar-refractivity contribution is -0.123. The largest absolute Gasteiger partial charge is 0.369 e. The third-order valence-electron chi connectivity index (χ3n) is 4.53. The van der Waals surface area contributed by atoms with Crippen LogP contribution in [0, 0.1) is 5.92 Å². The number of primary amides is 1. The molecule has 1 aromatic heterocycles. The Bertz CT molecular complexity index is 827. The topological polar surface area (TPSA) is 96.3 Å².